The molecular formula is C6H13N2S. The average Bonchev–Trinajstić information content (AvgIpc) is 1.91. The van der Waals surface area contributed by atoms with Gasteiger partial charge in [-0.15, -0.1) is 0 Å². The number of hydrogen-bond acceptors (Lipinski definition) is 3. The molecule has 1 atom stereocenters. The molecule has 0 spiro atoms. The molecule has 2 N–H and O–H groups in total. The normalized spacial score (nSPS) is 28.3. The molecule has 53 valence electrons. The molecule has 0 aromatic rings. The van der Waals surface area contributed by atoms with Crippen LogP contribution in [-0.2, 0) is 0 Å². The second-order valence-corrected chi connectivity index (χ2v) is 3.42. The molecule has 1 aliphatic heterocycles. The zero-order valence-corrected chi connectivity index (χ0v) is 6.50. The molecule has 0 aromatic carbocycles. The summed E-state index contributed by atoms with van der Waals surface area (Å²) in [6.45, 7) is 4.42. The van der Waals surface area contributed by atoms with E-state index in [1.165, 1.54) is 12.3 Å². The minimum Gasteiger partial charge on any atom is -0.315 e. The molecule has 9 heavy (non-hydrogen) atoms. The Bertz CT molecular complexity index is 68.7. The molecule has 1 rings (SSSR count). The summed E-state index contributed by atoms with van der Waals surface area (Å²) in [4.78, 5) is 0. The lowest BCUT2D eigenvalue weighted by molar-refractivity contribution is 0.682. The highest BCUT2D eigenvalue weighted by Gasteiger charge is 2.11. The lowest BCUT2D eigenvalue weighted by atomic mass is 10.4. The molecule has 1 saturated heterocycles. The molecule has 0 saturated carbocycles. The Morgan fingerprint density at radius 2 is 2.67 bits per heavy atom. The molecule has 1 radical (unpaired) electrons. The first-order valence-electron chi connectivity index (χ1n) is 3.26. The second kappa shape index (κ2) is 4.14. The van der Waals surface area contributed by atoms with E-state index in [9.17, 15) is 0 Å². The fourth-order valence-electron chi connectivity index (χ4n) is 0.879. The number of rotatable bonds is 2. The summed E-state index contributed by atoms with van der Waals surface area (Å²) in [5, 5.41) is 7.05. The summed E-state index contributed by atoms with van der Waals surface area (Å²) in [5.74, 6) is 1.24. The van der Waals surface area contributed by atoms with Gasteiger partial charge in [0.05, 0.1) is 0 Å². The van der Waals surface area contributed by atoms with Crippen molar-refractivity contribution in [2.24, 2.45) is 0 Å². The third-order valence-electron chi connectivity index (χ3n) is 1.31. The van der Waals surface area contributed by atoms with Gasteiger partial charge in [-0.1, -0.05) is 0 Å². The largest absolute Gasteiger partial charge is 0.315 e. The Balaban J connectivity index is 2.08. The monoisotopic (exact) mass is 145 g/mol. The van der Waals surface area contributed by atoms with E-state index in [4.69, 9.17) is 0 Å². The molecule has 0 aliphatic carbocycles. The van der Waals surface area contributed by atoms with Crippen molar-refractivity contribution in [1.82, 2.24) is 10.6 Å². The maximum Gasteiger partial charge on any atom is 0.0361 e. The Morgan fingerprint density at radius 1 is 1.78 bits per heavy atom. The molecule has 0 bridgehead atoms. The van der Waals surface area contributed by atoms with Gasteiger partial charge in [0.25, 0.3) is 0 Å². The van der Waals surface area contributed by atoms with Crippen molar-refractivity contribution in [2.75, 3.05) is 25.9 Å². The Kier molecular flexibility index (Phi) is 3.40. The van der Waals surface area contributed by atoms with Gasteiger partial charge in [-0.2, -0.15) is 11.8 Å². The highest BCUT2D eigenvalue weighted by molar-refractivity contribution is 8.00. The first-order chi connectivity index (χ1) is 4.43. The lowest BCUT2D eigenvalue weighted by Crippen LogP contribution is -2.35. The number of thioether (sulfide) groups is 1. The Morgan fingerprint density at radius 3 is 3.22 bits per heavy atom. The minimum atomic E-state index is 0.670. The average molecular weight is 145 g/mol. The van der Waals surface area contributed by atoms with E-state index in [0.29, 0.717) is 5.25 Å². The van der Waals surface area contributed by atoms with Gasteiger partial charge in [0.2, 0.25) is 0 Å². The fraction of sp³-hybridized carbons (Fsp3) is 0.833. The SMILES string of the molecule is CN[CH]C1CNCCS1. The predicted molar refractivity (Wildman–Crippen MR) is 42.5 cm³/mol. The van der Waals surface area contributed by atoms with E-state index in [1.54, 1.807) is 0 Å². The van der Waals surface area contributed by atoms with Crippen LogP contribution >= 0.6 is 11.8 Å². The quantitative estimate of drug-likeness (QED) is 0.575. The zero-order valence-electron chi connectivity index (χ0n) is 5.68. The molecule has 0 amide bonds. The van der Waals surface area contributed by atoms with E-state index in [-0.39, 0.29) is 0 Å². The van der Waals surface area contributed by atoms with Gasteiger partial charge in [0.1, 0.15) is 0 Å². The van der Waals surface area contributed by atoms with Crippen LogP contribution in [0.4, 0.5) is 0 Å². The van der Waals surface area contributed by atoms with Gasteiger partial charge in [0.15, 0.2) is 0 Å². The predicted octanol–water partition coefficient (Wildman–Crippen LogP) is 0.0726. The van der Waals surface area contributed by atoms with Crippen LogP contribution in [0.3, 0.4) is 0 Å². The zero-order chi connectivity index (χ0) is 6.53. The Labute approximate surface area is 60.8 Å². The van der Waals surface area contributed by atoms with E-state index in [0.717, 1.165) is 6.54 Å². The van der Waals surface area contributed by atoms with Crippen molar-refractivity contribution < 1.29 is 0 Å². The van der Waals surface area contributed by atoms with Gasteiger partial charge < -0.3 is 10.6 Å². The summed E-state index contributed by atoms with van der Waals surface area (Å²) in [5.41, 5.74) is 0. The smallest absolute Gasteiger partial charge is 0.0361 e. The number of hydrogen-bond donors (Lipinski definition) is 2. The van der Waals surface area contributed by atoms with Gasteiger partial charge in [-0.3, -0.25) is 0 Å². The van der Waals surface area contributed by atoms with E-state index < -0.39 is 0 Å². The fourth-order valence-corrected chi connectivity index (χ4v) is 1.91. The molecular weight excluding hydrogens is 132 g/mol. The molecule has 1 unspecified atom stereocenters. The van der Waals surface area contributed by atoms with Crippen LogP contribution in [0.1, 0.15) is 0 Å². The second-order valence-electron chi connectivity index (χ2n) is 2.07. The summed E-state index contributed by atoms with van der Waals surface area (Å²) < 4.78 is 0. The van der Waals surface area contributed by atoms with Gasteiger partial charge in [-0.25, -0.2) is 0 Å². The van der Waals surface area contributed by atoms with Crippen molar-refractivity contribution in [3.8, 4) is 0 Å². The van der Waals surface area contributed by atoms with Crippen LogP contribution in [0, 0.1) is 6.54 Å². The van der Waals surface area contributed by atoms with Crippen molar-refractivity contribution in [2.45, 2.75) is 5.25 Å². The summed E-state index contributed by atoms with van der Waals surface area (Å²) in [7, 11) is 1.95. The molecule has 3 heteroatoms. The standard InChI is InChI=1S/C6H13N2S/c1-7-4-6-5-8-2-3-9-6/h4,6-8H,2-3,5H2,1H3. The maximum atomic E-state index is 3.33. The van der Waals surface area contributed by atoms with Crippen LogP contribution in [0.25, 0.3) is 0 Å². The summed E-state index contributed by atoms with van der Waals surface area (Å²) in [6, 6.07) is 0. The lowest BCUT2D eigenvalue weighted by Gasteiger charge is -2.21. The third-order valence-corrected chi connectivity index (χ3v) is 2.48. The van der Waals surface area contributed by atoms with E-state index >= 15 is 0 Å². The Hall–Kier alpha value is 0.270. The van der Waals surface area contributed by atoms with Crippen LogP contribution in [0.15, 0.2) is 0 Å². The van der Waals surface area contributed by atoms with Crippen LogP contribution in [0.5, 0.6) is 0 Å². The first kappa shape index (κ1) is 7.38. The molecule has 2 nitrogen and oxygen atoms in total. The highest BCUT2D eigenvalue weighted by Crippen LogP contribution is 2.13. The minimum absolute atomic E-state index is 0.670. The summed E-state index contributed by atoms with van der Waals surface area (Å²) >= 11 is 2.01. The molecule has 0 aromatic heterocycles. The van der Waals surface area contributed by atoms with Crippen LogP contribution < -0.4 is 10.6 Å². The van der Waals surface area contributed by atoms with Crippen molar-refractivity contribution >= 4 is 11.8 Å². The van der Waals surface area contributed by atoms with Crippen LogP contribution in [0.2, 0.25) is 0 Å². The van der Waals surface area contributed by atoms with Gasteiger partial charge >= 0.3 is 0 Å². The van der Waals surface area contributed by atoms with Crippen molar-refractivity contribution in [3.63, 3.8) is 0 Å². The van der Waals surface area contributed by atoms with E-state index in [2.05, 4.69) is 17.2 Å². The van der Waals surface area contributed by atoms with Crippen molar-refractivity contribution in [3.05, 3.63) is 6.54 Å². The molecule has 1 heterocycles. The summed E-state index contributed by atoms with van der Waals surface area (Å²) in [6.07, 6.45) is 0. The number of nitrogens with one attached hydrogen (secondary N) is 2. The van der Waals surface area contributed by atoms with Crippen molar-refractivity contribution in [1.29, 1.82) is 0 Å². The third kappa shape index (κ3) is 2.56. The van der Waals surface area contributed by atoms with Crippen LogP contribution in [-0.4, -0.2) is 31.1 Å². The molecule has 1 aliphatic rings. The van der Waals surface area contributed by atoms with Gasteiger partial charge in [0, 0.05) is 30.6 Å². The first-order valence-corrected chi connectivity index (χ1v) is 4.31. The maximum absolute atomic E-state index is 3.33. The highest BCUT2D eigenvalue weighted by atomic mass is 32.2. The topological polar surface area (TPSA) is 24.1 Å². The molecule has 1 fully saturated rings. The van der Waals surface area contributed by atoms with Gasteiger partial charge in [-0.05, 0) is 7.05 Å². The van der Waals surface area contributed by atoms with E-state index in [1.807, 2.05) is 18.8 Å².